The van der Waals surface area contributed by atoms with Crippen LogP contribution in [0.4, 0.5) is 0 Å². The lowest BCUT2D eigenvalue weighted by Gasteiger charge is -2.35. The zero-order valence-corrected chi connectivity index (χ0v) is 17.0. The standard InChI is InChI=1S/C22H24N4O4/c1-15-11-25(12-16(2)30-15)21(27)14-29-22(28)18-9-7-17(8-10-18)13-26-20-6-4-3-5-19(20)23-24-26/h3-10,15-16H,11-14H2,1-2H3/t15-,16-/m1/s1. The Labute approximate surface area is 174 Å². The lowest BCUT2D eigenvalue weighted by molar-refractivity contribution is -0.146. The molecule has 1 aliphatic heterocycles. The Balaban J connectivity index is 1.33. The smallest absolute Gasteiger partial charge is 0.338 e. The fourth-order valence-electron chi connectivity index (χ4n) is 3.64. The van der Waals surface area contributed by atoms with Crippen LogP contribution in [-0.4, -0.2) is 63.7 Å². The van der Waals surface area contributed by atoms with E-state index < -0.39 is 5.97 Å². The zero-order chi connectivity index (χ0) is 21.1. The highest BCUT2D eigenvalue weighted by Gasteiger charge is 2.26. The fraction of sp³-hybridized carbons (Fsp3) is 0.364. The molecule has 156 valence electrons. The van der Waals surface area contributed by atoms with Gasteiger partial charge in [-0.15, -0.1) is 5.10 Å². The SMILES string of the molecule is C[C@@H]1CN(C(=O)COC(=O)c2ccc(Cn3nnc4ccccc43)cc2)C[C@@H](C)O1. The van der Waals surface area contributed by atoms with Crippen LogP contribution in [-0.2, 0) is 20.8 Å². The number of hydrogen-bond donors (Lipinski definition) is 0. The monoisotopic (exact) mass is 408 g/mol. The summed E-state index contributed by atoms with van der Waals surface area (Å²) < 4.78 is 12.7. The van der Waals surface area contributed by atoms with Crippen LogP contribution in [0.1, 0.15) is 29.8 Å². The molecule has 2 heterocycles. The highest BCUT2D eigenvalue weighted by atomic mass is 16.5. The number of aromatic nitrogens is 3. The molecule has 1 fully saturated rings. The molecule has 1 aromatic heterocycles. The van der Waals surface area contributed by atoms with Crippen molar-refractivity contribution in [1.82, 2.24) is 19.9 Å². The molecule has 2 atom stereocenters. The Morgan fingerprint density at radius 3 is 2.50 bits per heavy atom. The van der Waals surface area contributed by atoms with Gasteiger partial charge in [-0.2, -0.15) is 0 Å². The molecule has 0 bridgehead atoms. The van der Waals surface area contributed by atoms with Gasteiger partial charge in [-0.1, -0.05) is 29.5 Å². The number of rotatable bonds is 5. The number of carbonyl (C=O) groups is 2. The predicted octanol–water partition coefficient (Wildman–Crippen LogP) is 2.27. The molecule has 30 heavy (non-hydrogen) atoms. The minimum Gasteiger partial charge on any atom is -0.452 e. The first-order valence-corrected chi connectivity index (χ1v) is 9.97. The number of benzene rings is 2. The maximum absolute atomic E-state index is 12.3. The van der Waals surface area contributed by atoms with Gasteiger partial charge in [0.1, 0.15) is 5.52 Å². The van der Waals surface area contributed by atoms with Crippen LogP contribution in [0.15, 0.2) is 48.5 Å². The Morgan fingerprint density at radius 1 is 1.07 bits per heavy atom. The third-order valence-electron chi connectivity index (χ3n) is 5.04. The van der Waals surface area contributed by atoms with E-state index in [4.69, 9.17) is 9.47 Å². The summed E-state index contributed by atoms with van der Waals surface area (Å²) in [5.41, 5.74) is 3.17. The molecule has 4 rings (SSSR count). The van der Waals surface area contributed by atoms with Crippen molar-refractivity contribution in [3.05, 3.63) is 59.7 Å². The molecule has 0 radical (unpaired) electrons. The average Bonchev–Trinajstić information content (AvgIpc) is 3.14. The topological polar surface area (TPSA) is 86.6 Å². The van der Waals surface area contributed by atoms with Gasteiger partial charge in [0.05, 0.1) is 29.8 Å². The summed E-state index contributed by atoms with van der Waals surface area (Å²) in [7, 11) is 0. The van der Waals surface area contributed by atoms with Crippen LogP contribution >= 0.6 is 0 Å². The molecule has 3 aromatic rings. The zero-order valence-electron chi connectivity index (χ0n) is 17.0. The summed E-state index contributed by atoms with van der Waals surface area (Å²) >= 11 is 0. The first-order chi connectivity index (χ1) is 14.5. The number of amides is 1. The van der Waals surface area contributed by atoms with E-state index in [2.05, 4.69) is 10.3 Å². The first kappa shape index (κ1) is 20.0. The van der Waals surface area contributed by atoms with Gasteiger partial charge in [0.25, 0.3) is 5.91 Å². The van der Waals surface area contributed by atoms with Gasteiger partial charge >= 0.3 is 5.97 Å². The molecule has 0 spiro atoms. The first-order valence-electron chi connectivity index (χ1n) is 9.97. The Morgan fingerprint density at radius 2 is 1.77 bits per heavy atom. The molecule has 0 N–H and O–H groups in total. The summed E-state index contributed by atoms with van der Waals surface area (Å²) in [6.45, 7) is 5.13. The molecule has 8 nitrogen and oxygen atoms in total. The van der Waals surface area contributed by atoms with E-state index in [-0.39, 0.29) is 24.7 Å². The number of ether oxygens (including phenoxy) is 2. The van der Waals surface area contributed by atoms with Crippen LogP contribution in [0.5, 0.6) is 0 Å². The summed E-state index contributed by atoms with van der Waals surface area (Å²) in [5, 5.41) is 8.32. The molecule has 1 saturated heterocycles. The van der Waals surface area contributed by atoms with Crippen molar-refractivity contribution in [3.8, 4) is 0 Å². The normalized spacial score (nSPS) is 19.1. The summed E-state index contributed by atoms with van der Waals surface area (Å²) in [6, 6.07) is 14.8. The van der Waals surface area contributed by atoms with Crippen LogP contribution in [0, 0.1) is 0 Å². The second kappa shape index (κ2) is 8.62. The third-order valence-corrected chi connectivity index (χ3v) is 5.04. The number of hydrogen-bond acceptors (Lipinski definition) is 6. The molecule has 1 aliphatic rings. The van der Waals surface area contributed by atoms with Crippen molar-refractivity contribution in [3.63, 3.8) is 0 Å². The Bertz CT molecular complexity index is 1040. The highest BCUT2D eigenvalue weighted by molar-refractivity contribution is 5.91. The third kappa shape index (κ3) is 4.49. The van der Waals surface area contributed by atoms with Gasteiger partial charge in [0, 0.05) is 13.1 Å². The predicted molar refractivity (Wildman–Crippen MR) is 110 cm³/mol. The summed E-state index contributed by atoms with van der Waals surface area (Å²) in [5.74, 6) is -0.726. The van der Waals surface area contributed by atoms with Crippen LogP contribution in [0.3, 0.4) is 0 Å². The lowest BCUT2D eigenvalue weighted by Crippen LogP contribution is -2.49. The van der Waals surface area contributed by atoms with E-state index in [1.807, 2.05) is 54.9 Å². The van der Waals surface area contributed by atoms with Crippen molar-refractivity contribution < 1.29 is 19.1 Å². The molecule has 2 aromatic carbocycles. The van der Waals surface area contributed by atoms with Gasteiger partial charge < -0.3 is 14.4 Å². The summed E-state index contributed by atoms with van der Waals surface area (Å²) in [4.78, 5) is 26.3. The molecule has 0 saturated carbocycles. The quantitative estimate of drug-likeness (QED) is 0.602. The number of esters is 1. The molecule has 0 unspecified atom stereocenters. The Kier molecular flexibility index (Phi) is 5.76. The maximum atomic E-state index is 12.3. The van der Waals surface area contributed by atoms with E-state index in [1.165, 1.54) is 0 Å². The van der Waals surface area contributed by atoms with E-state index in [0.717, 1.165) is 16.6 Å². The van der Waals surface area contributed by atoms with Gasteiger partial charge in [0.15, 0.2) is 6.61 Å². The number of para-hydroxylation sites is 1. The molecule has 0 aliphatic carbocycles. The van der Waals surface area contributed by atoms with E-state index in [1.54, 1.807) is 17.0 Å². The van der Waals surface area contributed by atoms with Crippen molar-refractivity contribution in [2.75, 3.05) is 19.7 Å². The van der Waals surface area contributed by atoms with Crippen molar-refractivity contribution in [2.24, 2.45) is 0 Å². The minimum atomic E-state index is -0.518. The Hall–Kier alpha value is -3.26. The van der Waals surface area contributed by atoms with Crippen molar-refractivity contribution in [2.45, 2.75) is 32.6 Å². The van der Waals surface area contributed by atoms with E-state index in [0.29, 0.717) is 25.2 Å². The average molecular weight is 408 g/mol. The van der Waals surface area contributed by atoms with Crippen molar-refractivity contribution in [1.29, 1.82) is 0 Å². The fourth-order valence-corrected chi connectivity index (χ4v) is 3.64. The molecular weight excluding hydrogens is 384 g/mol. The van der Waals surface area contributed by atoms with Crippen LogP contribution in [0.25, 0.3) is 11.0 Å². The second-order valence-corrected chi connectivity index (χ2v) is 7.56. The van der Waals surface area contributed by atoms with Crippen LogP contribution < -0.4 is 0 Å². The molecular formula is C22H24N4O4. The minimum absolute atomic E-state index is 0.0250. The largest absolute Gasteiger partial charge is 0.452 e. The maximum Gasteiger partial charge on any atom is 0.338 e. The van der Waals surface area contributed by atoms with Gasteiger partial charge in [-0.25, -0.2) is 9.48 Å². The van der Waals surface area contributed by atoms with E-state index >= 15 is 0 Å². The lowest BCUT2D eigenvalue weighted by atomic mass is 10.1. The summed E-state index contributed by atoms with van der Waals surface area (Å²) in [6.07, 6.45) is -0.0499. The highest BCUT2D eigenvalue weighted by Crippen LogP contribution is 2.14. The number of carbonyl (C=O) groups excluding carboxylic acids is 2. The second-order valence-electron chi connectivity index (χ2n) is 7.56. The van der Waals surface area contributed by atoms with Gasteiger partial charge in [-0.05, 0) is 43.7 Å². The molecule has 8 heteroatoms. The number of nitrogens with zero attached hydrogens (tertiary/aromatic N) is 4. The van der Waals surface area contributed by atoms with Gasteiger partial charge in [-0.3, -0.25) is 4.79 Å². The van der Waals surface area contributed by atoms with E-state index in [9.17, 15) is 9.59 Å². The molecule has 1 amide bonds. The number of morpholine rings is 1. The van der Waals surface area contributed by atoms with Gasteiger partial charge in [0.2, 0.25) is 0 Å². The number of fused-ring (bicyclic) bond motifs is 1. The van der Waals surface area contributed by atoms with Crippen LogP contribution in [0.2, 0.25) is 0 Å². The van der Waals surface area contributed by atoms with Crippen molar-refractivity contribution >= 4 is 22.9 Å².